The molecule has 1 amide bonds. The van der Waals surface area contributed by atoms with Gasteiger partial charge in [0.25, 0.3) is 5.91 Å². The topological polar surface area (TPSA) is 78.3 Å². The summed E-state index contributed by atoms with van der Waals surface area (Å²) in [4.78, 5) is 16.9. The molecule has 0 saturated carbocycles. The first-order valence-electron chi connectivity index (χ1n) is 9.95. The van der Waals surface area contributed by atoms with Crippen LogP contribution >= 0.6 is 0 Å². The molecule has 0 atom stereocenters. The molecule has 0 saturated heterocycles. The van der Waals surface area contributed by atoms with E-state index >= 15 is 0 Å². The van der Waals surface area contributed by atoms with E-state index in [0.717, 1.165) is 28.1 Å². The van der Waals surface area contributed by atoms with Crippen LogP contribution in [-0.2, 0) is 4.79 Å². The van der Waals surface area contributed by atoms with Gasteiger partial charge in [-0.25, -0.2) is 4.68 Å². The van der Waals surface area contributed by atoms with Crippen molar-refractivity contribution in [1.82, 2.24) is 14.8 Å². The fraction of sp³-hybridized carbons (Fsp3) is 0.208. The van der Waals surface area contributed by atoms with Crippen molar-refractivity contribution >= 4 is 22.6 Å². The molecule has 0 bridgehead atoms. The first-order valence-corrected chi connectivity index (χ1v) is 9.95. The lowest BCUT2D eigenvalue weighted by Gasteiger charge is -2.09. The molecule has 31 heavy (non-hydrogen) atoms. The highest BCUT2D eigenvalue weighted by Crippen LogP contribution is 2.27. The molecule has 2 aromatic carbocycles. The molecular formula is C24H24N4O3. The number of hydrogen-bond donors (Lipinski definition) is 1. The molecule has 0 aliphatic carbocycles. The number of nitrogens with one attached hydrogen (secondary N) is 1. The fourth-order valence-corrected chi connectivity index (χ4v) is 3.42. The largest absolute Gasteiger partial charge is 0.497 e. The second kappa shape index (κ2) is 8.47. The summed E-state index contributed by atoms with van der Waals surface area (Å²) in [7, 11) is 1.60. The van der Waals surface area contributed by atoms with Crippen LogP contribution in [0.5, 0.6) is 11.6 Å². The van der Waals surface area contributed by atoms with Crippen molar-refractivity contribution in [1.29, 1.82) is 0 Å². The second-order valence-corrected chi connectivity index (χ2v) is 7.37. The molecule has 0 spiro atoms. The molecule has 0 unspecified atom stereocenters. The number of amides is 1. The average molecular weight is 416 g/mol. The summed E-state index contributed by atoms with van der Waals surface area (Å²) < 4.78 is 12.6. The predicted octanol–water partition coefficient (Wildman–Crippen LogP) is 4.37. The van der Waals surface area contributed by atoms with Gasteiger partial charge in [-0.15, -0.1) is 0 Å². The number of carbonyl (C=O) groups is 1. The van der Waals surface area contributed by atoms with E-state index in [0.29, 0.717) is 17.2 Å². The normalized spacial score (nSPS) is 10.8. The van der Waals surface area contributed by atoms with E-state index in [1.807, 2.05) is 51.1 Å². The van der Waals surface area contributed by atoms with E-state index in [-0.39, 0.29) is 12.5 Å². The van der Waals surface area contributed by atoms with Crippen LogP contribution in [0, 0.1) is 20.8 Å². The lowest BCUT2D eigenvalue weighted by molar-refractivity contribution is -0.118. The van der Waals surface area contributed by atoms with E-state index in [2.05, 4.69) is 15.4 Å². The van der Waals surface area contributed by atoms with Crippen LogP contribution in [0.1, 0.15) is 16.8 Å². The quantitative estimate of drug-likeness (QED) is 0.505. The number of methoxy groups -OCH3 is 1. The number of carbonyl (C=O) groups excluding carboxylic acids is 1. The van der Waals surface area contributed by atoms with E-state index in [1.54, 1.807) is 36.1 Å². The number of nitrogens with zero attached hydrogens (tertiary/aromatic N) is 3. The van der Waals surface area contributed by atoms with E-state index < -0.39 is 0 Å². The highest BCUT2D eigenvalue weighted by atomic mass is 16.5. The molecule has 0 aliphatic rings. The van der Waals surface area contributed by atoms with Crippen molar-refractivity contribution in [3.05, 3.63) is 71.4 Å². The van der Waals surface area contributed by atoms with Gasteiger partial charge in [-0.05, 0) is 62.7 Å². The number of anilines is 1. The van der Waals surface area contributed by atoms with Gasteiger partial charge in [-0.3, -0.25) is 4.79 Å². The molecule has 0 radical (unpaired) electrons. The molecule has 4 aromatic rings. The van der Waals surface area contributed by atoms with Crippen LogP contribution < -0.4 is 14.8 Å². The van der Waals surface area contributed by atoms with Gasteiger partial charge in [0, 0.05) is 17.1 Å². The summed E-state index contributed by atoms with van der Waals surface area (Å²) >= 11 is 0. The average Bonchev–Trinajstić information content (AvgIpc) is 3.10. The van der Waals surface area contributed by atoms with Crippen molar-refractivity contribution in [2.45, 2.75) is 20.8 Å². The Balaban J connectivity index is 1.54. The second-order valence-electron chi connectivity index (χ2n) is 7.37. The third-order valence-corrected chi connectivity index (χ3v) is 4.99. The number of benzene rings is 2. The van der Waals surface area contributed by atoms with Crippen LogP contribution in [0.2, 0.25) is 0 Å². The number of aromatic nitrogens is 3. The zero-order valence-corrected chi connectivity index (χ0v) is 18.0. The standard InChI is InChI=1S/C24H24N4O3/c1-15-5-9-19(10-6-15)28-24-23(17(3)27-28)16(2)13-22(26-24)31-14-21(29)25-18-7-11-20(30-4)12-8-18/h5-13H,14H2,1-4H3,(H,25,29). The maximum atomic E-state index is 12.3. The minimum absolute atomic E-state index is 0.151. The van der Waals surface area contributed by atoms with E-state index in [1.165, 1.54) is 5.56 Å². The molecule has 1 N–H and O–H groups in total. The van der Waals surface area contributed by atoms with Crippen LogP contribution in [0.3, 0.4) is 0 Å². The third kappa shape index (κ3) is 4.35. The minimum Gasteiger partial charge on any atom is -0.497 e. The lowest BCUT2D eigenvalue weighted by Crippen LogP contribution is -2.20. The van der Waals surface area contributed by atoms with Gasteiger partial charge in [-0.2, -0.15) is 10.1 Å². The zero-order valence-electron chi connectivity index (χ0n) is 18.0. The Hall–Kier alpha value is -3.87. The number of pyridine rings is 1. The first kappa shape index (κ1) is 20.4. The van der Waals surface area contributed by atoms with Crippen LogP contribution in [0.15, 0.2) is 54.6 Å². The summed E-state index contributed by atoms with van der Waals surface area (Å²) in [5, 5.41) is 8.44. The van der Waals surface area contributed by atoms with Crippen LogP contribution in [-0.4, -0.2) is 34.4 Å². The van der Waals surface area contributed by atoms with Gasteiger partial charge in [-0.1, -0.05) is 17.7 Å². The Morgan fingerprint density at radius 2 is 1.74 bits per heavy atom. The molecule has 7 nitrogen and oxygen atoms in total. The summed E-state index contributed by atoms with van der Waals surface area (Å²) in [5.74, 6) is 0.832. The molecule has 2 heterocycles. The van der Waals surface area contributed by atoms with Gasteiger partial charge in [0.15, 0.2) is 12.3 Å². The number of ether oxygens (including phenoxy) is 2. The summed E-state index contributed by atoms with van der Waals surface area (Å²) in [6, 6.07) is 17.0. The predicted molar refractivity (Wildman–Crippen MR) is 120 cm³/mol. The first-order chi connectivity index (χ1) is 14.9. The summed E-state index contributed by atoms with van der Waals surface area (Å²) in [5.41, 5.74) is 5.35. The van der Waals surface area contributed by atoms with Crippen molar-refractivity contribution < 1.29 is 14.3 Å². The van der Waals surface area contributed by atoms with Gasteiger partial charge in [0.2, 0.25) is 5.88 Å². The summed E-state index contributed by atoms with van der Waals surface area (Å²) in [6.07, 6.45) is 0. The molecule has 7 heteroatoms. The highest BCUT2D eigenvalue weighted by molar-refractivity contribution is 5.92. The molecule has 0 fully saturated rings. The lowest BCUT2D eigenvalue weighted by atomic mass is 10.1. The number of fused-ring (bicyclic) bond motifs is 1. The SMILES string of the molecule is COc1ccc(NC(=O)COc2cc(C)c3c(C)nn(-c4ccc(C)cc4)c3n2)cc1. The zero-order chi connectivity index (χ0) is 22.0. The van der Waals surface area contributed by atoms with Gasteiger partial charge < -0.3 is 14.8 Å². The Morgan fingerprint density at radius 3 is 2.42 bits per heavy atom. The Bertz CT molecular complexity index is 1230. The van der Waals surface area contributed by atoms with Crippen LogP contribution in [0.4, 0.5) is 5.69 Å². The van der Waals surface area contributed by atoms with Gasteiger partial charge >= 0.3 is 0 Å². The van der Waals surface area contributed by atoms with E-state index in [9.17, 15) is 4.79 Å². The molecule has 2 aromatic heterocycles. The van der Waals surface area contributed by atoms with E-state index in [4.69, 9.17) is 9.47 Å². The smallest absolute Gasteiger partial charge is 0.262 e. The van der Waals surface area contributed by atoms with Gasteiger partial charge in [0.05, 0.1) is 18.5 Å². The Labute approximate surface area is 180 Å². The van der Waals surface area contributed by atoms with Crippen molar-refractivity contribution in [2.24, 2.45) is 0 Å². The maximum Gasteiger partial charge on any atom is 0.262 e. The minimum atomic E-state index is -0.270. The monoisotopic (exact) mass is 416 g/mol. The molecule has 4 rings (SSSR count). The highest BCUT2D eigenvalue weighted by Gasteiger charge is 2.15. The van der Waals surface area contributed by atoms with Crippen molar-refractivity contribution in [2.75, 3.05) is 19.0 Å². The molecule has 158 valence electrons. The number of aryl methyl sites for hydroxylation is 3. The molecular weight excluding hydrogens is 392 g/mol. The fourth-order valence-electron chi connectivity index (χ4n) is 3.42. The number of hydrogen-bond acceptors (Lipinski definition) is 5. The third-order valence-electron chi connectivity index (χ3n) is 4.99. The summed E-state index contributed by atoms with van der Waals surface area (Å²) in [6.45, 7) is 5.84. The molecule has 0 aliphatic heterocycles. The maximum absolute atomic E-state index is 12.3. The Morgan fingerprint density at radius 1 is 1.03 bits per heavy atom. The van der Waals surface area contributed by atoms with Crippen LogP contribution in [0.25, 0.3) is 16.7 Å². The van der Waals surface area contributed by atoms with Crippen molar-refractivity contribution in [3.63, 3.8) is 0 Å². The van der Waals surface area contributed by atoms with Gasteiger partial charge in [0.1, 0.15) is 5.75 Å². The number of rotatable bonds is 6. The Kier molecular flexibility index (Phi) is 5.58. The van der Waals surface area contributed by atoms with Crippen molar-refractivity contribution in [3.8, 4) is 17.3 Å².